The van der Waals surface area contributed by atoms with E-state index < -0.39 is 21.8 Å². The van der Waals surface area contributed by atoms with E-state index in [0.29, 0.717) is 39.1 Å². The van der Waals surface area contributed by atoms with Crippen LogP contribution in [0.3, 0.4) is 0 Å². The molecule has 0 radical (unpaired) electrons. The van der Waals surface area contributed by atoms with Crippen molar-refractivity contribution in [3.05, 3.63) is 29.3 Å². The molecule has 28 heavy (non-hydrogen) atoms. The van der Waals surface area contributed by atoms with Crippen LogP contribution in [-0.2, 0) is 19.6 Å². The summed E-state index contributed by atoms with van der Waals surface area (Å²) in [6.45, 7) is 2.71. The Morgan fingerprint density at radius 2 is 1.64 bits per heavy atom. The Morgan fingerprint density at radius 1 is 1.00 bits per heavy atom. The Labute approximate surface area is 162 Å². The lowest BCUT2D eigenvalue weighted by Gasteiger charge is -2.35. The van der Waals surface area contributed by atoms with Crippen LogP contribution < -0.4 is 5.32 Å². The van der Waals surface area contributed by atoms with Crippen molar-refractivity contribution in [1.29, 1.82) is 0 Å². The highest BCUT2D eigenvalue weighted by Crippen LogP contribution is 2.27. The number of carbonyl (C=O) groups is 3. The molecule has 3 aliphatic heterocycles. The Kier molecular flexibility index (Phi) is 4.94. The number of nitrogens with zero attached hydrogens (tertiary/aromatic N) is 2. The van der Waals surface area contributed by atoms with Crippen molar-refractivity contribution in [3.63, 3.8) is 0 Å². The van der Waals surface area contributed by atoms with Crippen LogP contribution in [0, 0.1) is 5.92 Å². The lowest BCUT2D eigenvalue weighted by molar-refractivity contribution is -0.140. The highest BCUT2D eigenvalue weighted by molar-refractivity contribution is 7.89. The third-order valence-electron chi connectivity index (χ3n) is 5.47. The van der Waals surface area contributed by atoms with Gasteiger partial charge >= 0.3 is 0 Å². The maximum absolute atomic E-state index is 13.0. The molecule has 0 aromatic heterocycles. The summed E-state index contributed by atoms with van der Waals surface area (Å²) in [4.78, 5) is 37.8. The quantitative estimate of drug-likeness (QED) is 0.696. The second kappa shape index (κ2) is 7.26. The number of ether oxygens (including phenoxy) is 1. The van der Waals surface area contributed by atoms with E-state index in [2.05, 4.69) is 5.32 Å². The van der Waals surface area contributed by atoms with Crippen LogP contribution in [0.25, 0.3) is 0 Å². The zero-order valence-corrected chi connectivity index (χ0v) is 16.0. The van der Waals surface area contributed by atoms with Gasteiger partial charge in [-0.15, -0.1) is 0 Å². The average molecular weight is 407 g/mol. The number of hydrogen-bond donors (Lipinski definition) is 1. The summed E-state index contributed by atoms with van der Waals surface area (Å²) >= 11 is 0. The maximum atomic E-state index is 13.0. The minimum absolute atomic E-state index is 0.0194. The van der Waals surface area contributed by atoms with E-state index in [1.807, 2.05) is 0 Å². The van der Waals surface area contributed by atoms with Gasteiger partial charge in [-0.3, -0.25) is 19.7 Å². The van der Waals surface area contributed by atoms with Gasteiger partial charge in [0.2, 0.25) is 15.9 Å². The number of imide groups is 1. The number of piperidine rings is 1. The van der Waals surface area contributed by atoms with Crippen molar-refractivity contribution in [2.75, 3.05) is 39.4 Å². The summed E-state index contributed by atoms with van der Waals surface area (Å²) in [5.41, 5.74) is 0.252. The minimum Gasteiger partial charge on any atom is -0.378 e. The summed E-state index contributed by atoms with van der Waals surface area (Å²) < 4.78 is 32.5. The number of carbonyl (C=O) groups excluding carboxylic acids is 3. The van der Waals surface area contributed by atoms with Gasteiger partial charge in [0.25, 0.3) is 11.8 Å². The van der Waals surface area contributed by atoms with E-state index in [-0.39, 0.29) is 40.9 Å². The second-order valence-electron chi connectivity index (χ2n) is 7.11. The van der Waals surface area contributed by atoms with Crippen LogP contribution in [0.1, 0.15) is 33.6 Å². The first-order valence-corrected chi connectivity index (χ1v) is 10.7. The van der Waals surface area contributed by atoms with Crippen LogP contribution in [0.2, 0.25) is 0 Å². The SMILES string of the molecule is O=C1NC(=O)c2cc(S(=O)(=O)N3CCC(C(=O)N4CCOCC4)CC3)ccc21. The predicted molar refractivity (Wildman–Crippen MR) is 97.1 cm³/mol. The molecule has 3 heterocycles. The van der Waals surface area contributed by atoms with Crippen LogP contribution in [0.5, 0.6) is 0 Å². The van der Waals surface area contributed by atoms with E-state index in [1.165, 1.54) is 22.5 Å². The molecule has 0 saturated carbocycles. The standard InChI is InChI=1S/C18H21N3O6S/c22-16-14-2-1-13(11-15(14)17(23)19-16)28(25,26)21-5-3-12(4-6-21)18(24)20-7-9-27-10-8-20/h1-2,11-12H,3-10H2,(H,19,22,23). The van der Waals surface area contributed by atoms with Gasteiger partial charge in [-0.2, -0.15) is 4.31 Å². The normalized spacial score (nSPS) is 21.5. The van der Waals surface area contributed by atoms with Gasteiger partial charge in [-0.1, -0.05) is 0 Å². The number of rotatable bonds is 3. The van der Waals surface area contributed by atoms with Gasteiger partial charge in [0, 0.05) is 32.1 Å². The number of morpholine rings is 1. The molecular weight excluding hydrogens is 386 g/mol. The molecule has 3 aliphatic rings. The van der Waals surface area contributed by atoms with E-state index in [9.17, 15) is 22.8 Å². The van der Waals surface area contributed by atoms with Gasteiger partial charge in [0.05, 0.1) is 29.2 Å². The summed E-state index contributed by atoms with van der Waals surface area (Å²) in [7, 11) is -3.80. The topological polar surface area (TPSA) is 113 Å². The average Bonchev–Trinajstić information content (AvgIpc) is 3.01. The maximum Gasteiger partial charge on any atom is 0.258 e. The molecule has 0 aliphatic carbocycles. The molecule has 10 heteroatoms. The Morgan fingerprint density at radius 3 is 2.32 bits per heavy atom. The number of fused-ring (bicyclic) bond motifs is 1. The van der Waals surface area contributed by atoms with E-state index >= 15 is 0 Å². The van der Waals surface area contributed by atoms with Crippen LogP contribution >= 0.6 is 0 Å². The fourth-order valence-electron chi connectivity index (χ4n) is 3.84. The molecule has 9 nitrogen and oxygen atoms in total. The van der Waals surface area contributed by atoms with Crippen LogP contribution in [-0.4, -0.2) is 74.7 Å². The lowest BCUT2D eigenvalue weighted by atomic mass is 9.96. The highest BCUT2D eigenvalue weighted by Gasteiger charge is 2.35. The van der Waals surface area contributed by atoms with Gasteiger partial charge in [-0.05, 0) is 31.0 Å². The van der Waals surface area contributed by atoms with Crippen LogP contribution in [0.4, 0.5) is 0 Å². The van der Waals surface area contributed by atoms with Gasteiger partial charge in [0.15, 0.2) is 0 Å². The molecule has 0 atom stereocenters. The van der Waals surface area contributed by atoms with Crippen molar-refractivity contribution in [2.45, 2.75) is 17.7 Å². The number of nitrogens with one attached hydrogen (secondary N) is 1. The summed E-state index contributed by atoms with van der Waals surface area (Å²) in [6, 6.07) is 3.95. The van der Waals surface area contributed by atoms with Crippen molar-refractivity contribution in [1.82, 2.24) is 14.5 Å². The second-order valence-corrected chi connectivity index (χ2v) is 9.04. The first-order valence-electron chi connectivity index (χ1n) is 9.24. The molecule has 3 amide bonds. The van der Waals surface area contributed by atoms with E-state index in [1.54, 1.807) is 4.90 Å². The van der Waals surface area contributed by atoms with Crippen molar-refractivity contribution in [3.8, 4) is 0 Å². The number of benzene rings is 1. The number of hydrogen-bond acceptors (Lipinski definition) is 6. The lowest BCUT2D eigenvalue weighted by Crippen LogP contribution is -2.47. The first-order chi connectivity index (χ1) is 13.4. The molecule has 1 aromatic rings. The number of amides is 3. The molecule has 0 unspecified atom stereocenters. The van der Waals surface area contributed by atoms with E-state index in [0.717, 1.165) is 0 Å². The predicted octanol–water partition coefficient (Wildman–Crippen LogP) is -0.170. The van der Waals surface area contributed by atoms with E-state index in [4.69, 9.17) is 4.74 Å². The molecule has 2 fully saturated rings. The first kappa shape index (κ1) is 19.0. The molecular formula is C18H21N3O6S. The molecule has 4 rings (SSSR count). The van der Waals surface area contributed by atoms with Crippen molar-refractivity contribution in [2.24, 2.45) is 5.92 Å². The zero-order chi connectivity index (χ0) is 19.9. The Hall–Kier alpha value is -2.30. The molecule has 0 spiro atoms. The molecule has 1 aromatic carbocycles. The molecule has 0 bridgehead atoms. The fraction of sp³-hybridized carbons (Fsp3) is 0.500. The highest BCUT2D eigenvalue weighted by atomic mass is 32.2. The van der Waals surface area contributed by atoms with Crippen molar-refractivity contribution >= 4 is 27.7 Å². The minimum atomic E-state index is -3.80. The third-order valence-corrected chi connectivity index (χ3v) is 7.37. The van der Waals surface area contributed by atoms with Crippen LogP contribution in [0.15, 0.2) is 23.1 Å². The van der Waals surface area contributed by atoms with Gasteiger partial charge in [-0.25, -0.2) is 8.42 Å². The molecule has 150 valence electrons. The summed E-state index contributed by atoms with van der Waals surface area (Å²) in [6.07, 6.45) is 0.915. The zero-order valence-electron chi connectivity index (χ0n) is 15.2. The largest absolute Gasteiger partial charge is 0.378 e. The monoisotopic (exact) mass is 407 g/mol. The molecule has 1 N–H and O–H groups in total. The van der Waals surface area contributed by atoms with Gasteiger partial charge in [0.1, 0.15) is 0 Å². The third kappa shape index (κ3) is 3.31. The number of sulfonamides is 1. The summed E-state index contributed by atoms with van der Waals surface area (Å²) in [5.74, 6) is -1.24. The summed E-state index contributed by atoms with van der Waals surface area (Å²) in [5, 5.41) is 2.15. The fourth-order valence-corrected chi connectivity index (χ4v) is 5.34. The Balaban J connectivity index is 1.45. The Bertz CT molecular complexity index is 931. The smallest absolute Gasteiger partial charge is 0.258 e. The van der Waals surface area contributed by atoms with Crippen molar-refractivity contribution < 1.29 is 27.5 Å². The molecule has 2 saturated heterocycles. The van der Waals surface area contributed by atoms with Gasteiger partial charge < -0.3 is 9.64 Å².